The average molecular weight is 231 g/mol. The van der Waals surface area contributed by atoms with Crippen LogP contribution in [-0.4, -0.2) is 35.1 Å². The Kier molecular flexibility index (Phi) is 3.01. The number of aromatic nitrogens is 2. The zero-order chi connectivity index (χ0) is 12.4. The first-order chi connectivity index (χ1) is 8.13. The monoisotopic (exact) mass is 231 g/mol. The van der Waals surface area contributed by atoms with Crippen molar-refractivity contribution < 1.29 is 9.63 Å². The predicted octanol–water partition coefficient (Wildman–Crippen LogP) is 1.57. The highest BCUT2D eigenvalue weighted by molar-refractivity contribution is 5.97. The Morgan fingerprint density at radius 1 is 1.35 bits per heavy atom. The number of rotatable bonds is 2. The summed E-state index contributed by atoms with van der Waals surface area (Å²) in [5, 5.41) is 2.06. The van der Waals surface area contributed by atoms with Crippen LogP contribution in [0.1, 0.15) is 16.1 Å². The van der Waals surface area contributed by atoms with Crippen LogP contribution in [0.3, 0.4) is 0 Å². The summed E-state index contributed by atoms with van der Waals surface area (Å²) in [6.45, 7) is 1.89. The summed E-state index contributed by atoms with van der Waals surface area (Å²) in [5.74, 6) is -0.197. The van der Waals surface area contributed by atoms with Crippen molar-refractivity contribution in [3.8, 4) is 0 Å². The first-order valence-corrected chi connectivity index (χ1v) is 5.17. The molecular formula is C12H13N3O2. The van der Waals surface area contributed by atoms with Crippen molar-refractivity contribution in [1.29, 1.82) is 0 Å². The van der Waals surface area contributed by atoms with E-state index >= 15 is 0 Å². The molecule has 1 amide bonds. The zero-order valence-electron chi connectivity index (χ0n) is 9.97. The highest BCUT2D eigenvalue weighted by Crippen LogP contribution is 2.16. The summed E-state index contributed by atoms with van der Waals surface area (Å²) in [7, 11) is 3.02. The third kappa shape index (κ3) is 2.09. The van der Waals surface area contributed by atoms with E-state index in [0.717, 1.165) is 16.6 Å². The molecule has 0 aliphatic rings. The summed E-state index contributed by atoms with van der Waals surface area (Å²) < 4.78 is 0. The number of carbonyl (C=O) groups excluding carboxylic acids is 1. The molecule has 0 saturated heterocycles. The van der Waals surface area contributed by atoms with Gasteiger partial charge >= 0.3 is 0 Å². The first kappa shape index (κ1) is 11.5. The van der Waals surface area contributed by atoms with Crippen molar-refractivity contribution in [2.24, 2.45) is 0 Å². The maximum atomic E-state index is 11.9. The Morgan fingerprint density at radius 2 is 2.12 bits per heavy atom. The number of aryl methyl sites for hydroxylation is 1. The largest absolute Gasteiger partial charge is 0.277 e. The molecule has 17 heavy (non-hydrogen) atoms. The molecule has 0 aliphatic carbocycles. The Bertz CT molecular complexity index is 569. The molecule has 0 spiro atoms. The molecule has 1 aromatic carbocycles. The van der Waals surface area contributed by atoms with E-state index in [4.69, 9.17) is 4.84 Å². The van der Waals surface area contributed by atoms with Crippen LogP contribution in [-0.2, 0) is 4.84 Å². The highest BCUT2D eigenvalue weighted by Gasteiger charge is 2.12. The van der Waals surface area contributed by atoms with Crippen LogP contribution in [0.5, 0.6) is 0 Å². The normalized spacial score (nSPS) is 10.5. The summed E-state index contributed by atoms with van der Waals surface area (Å²) in [4.78, 5) is 25.0. The maximum Gasteiger partial charge on any atom is 0.277 e. The van der Waals surface area contributed by atoms with Crippen LogP contribution < -0.4 is 0 Å². The van der Waals surface area contributed by atoms with Gasteiger partial charge < -0.3 is 0 Å². The summed E-state index contributed by atoms with van der Waals surface area (Å²) >= 11 is 0. The molecule has 0 atom stereocenters. The number of fused-ring (bicyclic) bond motifs is 1. The summed E-state index contributed by atoms with van der Waals surface area (Å²) in [6.07, 6.45) is 1.51. The minimum Gasteiger partial charge on any atom is -0.274 e. The van der Waals surface area contributed by atoms with E-state index in [-0.39, 0.29) is 5.91 Å². The van der Waals surface area contributed by atoms with Crippen LogP contribution in [0.4, 0.5) is 0 Å². The van der Waals surface area contributed by atoms with Crippen LogP contribution in [0.2, 0.25) is 0 Å². The van der Waals surface area contributed by atoms with Gasteiger partial charge in [-0.1, -0.05) is 0 Å². The van der Waals surface area contributed by atoms with Gasteiger partial charge in [0.15, 0.2) is 0 Å². The van der Waals surface area contributed by atoms with Gasteiger partial charge in [0.2, 0.25) is 0 Å². The second kappa shape index (κ2) is 4.47. The molecule has 2 aromatic rings. The lowest BCUT2D eigenvalue weighted by Crippen LogP contribution is -2.25. The van der Waals surface area contributed by atoms with E-state index < -0.39 is 0 Å². The summed E-state index contributed by atoms with van der Waals surface area (Å²) in [5.41, 5.74) is 2.23. The smallest absolute Gasteiger partial charge is 0.274 e. The highest BCUT2D eigenvalue weighted by atomic mass is 16.7. The molecule has 0 radical (unpaired) electrons. The number of hydrogen-bond acceptors (Lipinski definition) is 4. The van der Waals surface area contributed by atoms with Gasteiger partial charge in [0.1, 0.15) is 6.33 Å². The fourth-order valence-electron chi connectivity index (χ4n) is 1.58. The molecular weight excluding hydrogens is 218 g/mol. The van der Waals surface area contributed by atoms with Crippen molar-refractivity contribution in [1.82, 2.24) is 15.0 Å². The minimum atomic E-state index is -0.197. The average Bonchev–Trinajstić information content (AvgIpc) is 2.37. The van der Waals surface area contributed by atoms with Gasteiger partial charge in [0.05, 0.1) is 12.6 Å². The molecule has 5 heteroatoms. The zero-order valence-corrected chi connectivity index (χ0v) is 9.97. The lowest BCUT2D eigenvalue weighted by molar-refractivity contribution is -0.0756. The topological polar surface area (TPSA) is 55.3 Å². The van der Waals surface area contributed by atoms with Gasteiger partial charge in [0, 0.05) is 23.7 Å². The van der Waals surface area contributed by atoms with E-state index in [0.29, 0.717) is 5.56 Å². The number of nitrogens with zero attached hydrogens (tertiary/aromatic N) is 3. The summed E-state index contributed by atoms with van der Waals surface area (Å²) in [6, 6.07) is 5.32. The fraction of sp³-hybridized carbons (Fsp3) is 0.250. The van der Waals surface area contributed by atoms with E-state index in [1.54, 1.807) is 25.2 Å². The number of amides is 1. The van der Waals surface area contributed by atoms with Gasteiger partial charge in [-0.05, 0) is 25.1 Å². The quantitative estimate of drug-likeness (QED) is 0.736. The fourth-order valence-corrected chi connectivity index (χ4v) is 1.58. The van der Waals surface area contributed by atoms with Crippen molar-refractivity contribution >= 4 is 16.8 Å². The molecule has 0 saturated carbocycles. The molecule has 0 fully saturated rings. The van der Waals surface area contributed by atoms with Crippen LogP contribution in [0, 0.1) is 6.92 Å². The van der Waals surface area contributed by atoms with E-state index in [2.05, 4.69) is 9.97 Å². The molecule has 0 bridgehead atoms. The van der Waals surface area contributed by atoms with Crippen LogP contribution >= 0.6 is 0 Å². The Labute approximate surface area is 99.0 Å². The third-order valence-corrected chi connectivity index (χ3v) is 2.64. The number of hydrogen-bond donors (Lipinski definition) is 0. The van der Waals surface area contributed by atoms with Crippen molar-refractivity contribution in [3.05, 3.63) is 35.8 Å². The second-order valence-electron chi connectivity index (χ2n) is 3.68. The molecule has 1 heterocycles. The lowest BCUT2D eigenvalue weighted by Gasteiger charge is -2.13. The van der Waals surface area contributed by atoms with E-state index in [1.807, 2.05) is 6.92 Å². The standard InChI is InChI=1S/C12H13N3O2/c1-8-10-6-9(12(16)15(2)17-3)4-5-11(10)14-7-13-8/h4-7H,1-3H3. The number of carbonyl (C=O) groups is 1. The van der Waals surface area contributed by atoms with Crippen LogP contribution in [0.15, 0.2) is 24.5 Å². The van der Waals surface area contributed by atoms with Gasteiger partial charge in [-0.2, -0.15) is 0 Å². The van der Waals surface area contributed by atoms with E-state index in [1.165, 1.54) is 18.5 Å². The number of benzene rings is 1. The van der Waals surface area contributed by atoms with Gasteiger partial charge in [0.25, 0.3) is 5.91 Å². The molecule has 0 unspecified atom stereocenters. The Balaban J connectivity index is 2.51. The molecule has 1 aromatic heterocycles. The Hall–Kier alpha value is -2.01. The van der Waals surface area contributed by atoms with Crippen molar-refractivity contribution in [2.45, 2.75) is 6.92 Å². The predicted molar refractivity (Wildman–Crippen MR) is 63.4 cm³/mol. The van der Waals surface area contributed by atoms with Gasteiger partial charge in [-0.15, -0.1) is 0 Å². The van der Waals surface area contributed by atoms with Crippen LogP contribution in [0.25, 0.3) is 10.9 Å². The Morgan fingerprint density at radius 3 is 2.82 bits per heavy atom. The maximum absolute atomic E-state index is 11.9. The van der Waals surface area contributed by atoms with Gasteiger partial charge in [-0.3, -0.25) is 9.63 Å². The molecule has 0 N–H and O–H groups in total. The van der Waals surface area contributed by atoms with Crippen molar-refractivity contribution in [3.63, 3.8) is 0 Å². The molecule has 5 nitrogen and oxygen atoms in total. The molecule has 2 rings (SSSR count). The minimum absolute atomic E-state index is 0.197. The van der Waals surface area contributed by atoms with Gasteiger partial charge in [-0.25, -0.2) is 15.0 Å². The first-order valence-electron chi connectivity index (χ1n) is 5.17. The van der Waals surface area contributed by atoms with E-state index in [9.17, 15) is 4.79 Å². The van der Waals surface area contributed by atoms with Crippen molar-refractivity contribution in [2.75, 3.05) is 14.2 Å². The SMILES string of the molecule is CON(C)C(=O)c1ccc2ncnc(C)c2c1. The molecule has 0 aliphatic heterocycles. The number of hydroxylamine groups is 2. The molecule has 88 valence electrons. The lowest BCUT2D eigenvalue weighted by atomic mass is 10.1. The third-order valence-electron chi connectivity index (χ3n) is 2.64. The second-order valence-corrected chi connectivity index (χ2v) is 3.68.